The molecule has 0 atom stereocenters. The molecule has 3 aromatic heterocycles. The average Bonchev–Trinajstić information content (AvgIpc) is 3.43. The van der Waals surface area contributed by atoms with Crippen LogP contribution in [0.5, 0.6) is 0 Å². The Morgan fingerprint density at radius 2 is 1.87 bits per heavy atom. The number of anilines is 1. The van der Waals surface area contributed by atoms with Gasteiger partial charge in [-0.2, -0.15) is 0 Å². The van der Waals surface area contributed by atoms with E-state index in [1.54, 1.807) is 23.6 Å². The van der Waals surface area contributed by atoms with Gasteiger partial charge in [0.25, 0.3) is 5.91 Å². The van der Waals surface area contributed by atoms with E-state index in [0.717, 1.165) is 46.9 Å². The highest BCUT2D eigenvalue weighted by Gasteiger charge is 2.31. The molecule has 0 N–H and O–H groups in total. The predicted octanol–water partition coefficient (Wildman–Crippen LogP) is 3.60. The SMILES string of the molecule is Cc1ncc(-c2ccc3c(c2)C(=O)N(c2cccc(-c4nncn4C4CC4)n2)C3)cn1. The zero-order valence-corrected chi connectivity index (χ0v) is 16.9. The quantitative estimate of drug-likeness (QED) is 0.512. The number of hydrogen-bond donors (Lipinski definition) is 0. The lowest BCUT2D eigenvalue weighted by molar-refractivity contribution is 0.0996. The number of amides is 1. The first-order chi connectivity index (χ1) is 15.2. The lowest BCUT2D eigenvalue weighted by Crippen LogP contribution is -2.24. The summed E-state index contributed by atoms with van der Waals surface area (Å²) < 4.78 is 2.07. The van der Waals surface area contributed by atoms with Gasteiger partial charge >= 0.3 is 0 Å². The van der Waals surface area contributed by atoms with Crippen LogP contribution in [-0.4, -0.2) is 35.6 Å². The molecule has 1 fully saturated rings. The standard InChI is InChI=1S/C23H19N7O/c1-14-24-10-17(11-25-14)15-5-6-16-12-29(23(31)19(16)9-15)21-4-2-3-20(27-21)22-28-26-13-30(22)18-7-8-18/h2-6,9-11,13,18H,7-8,12H2,1H3. The number of nitrogens with zero attached hydrogens (tertiary/aromatic N) is 7. The minimum Gasteiger partial charge on any atom is -0.309 e. The van der Waals surface area contributed by atoms with Gasteiger partial charge in [-0.1, -0.05) is 18.2 Å². The summed E-state index contributed by atoms with van der Waals surface area (Å²) in [6.45, 7) is 2.34. The van der Waals surface area contributed by atoms with Crippen molar-refractivity contribution >= 4 is 11.7 Å². The van der Waals surface area contributed by atoms with Gasteiger partial charge in [-0.15, -0.1) is 10.2 Å². The van der Waals surface area contributed by atoms with Crippen LogP contribution in [-0.2, 0) is 6.54 Å². The maximum Gasteiger partial charge on any atom is 0.260 e. The lowest BCUT2D eigenvalue weighted by atomic mass is 10.0. The number of carbonyl (C=O) groups excluding carboxylic acids is 1. The molecule has 0 unspecified atom stereocenters. The number of aryl methyl sites for hydroxylation is 1. The van der Waals surface area contributed by atoms with Crippen molar-refractivity contribution in [1.82, 2.24) is 29.7 Å². The first kappa shape index (κ1) is 17.9. The molecule has 0 saturated heterocycles. The first-order valence-corrected chi connectivity index (χ1v) is 10.3. The van der Waals surface area contributed by atoms with Gasteiger partial charge in [0, 0.05) is 29.6 Å². The monoisotopic (exact) mass is 409 g/mol. The van der Waals surface area contributed by atoms with E-state index >= 15 is 0 Å². The molecular formula is C23H19N7O. The molecule has 31 heavy (non-hydrogen) atoms. The van der Waals surface area contributed by atoms with Crippen molar-refractivity contribution in [3.05, 3.63) is 72.1 Å². The van der Waals surface area contributed by atoms with E-state index in [-0.39, 0.29) is 5.91 Å². The first-order valence-electron chi connectivity index (χ1n) is 10.3. The van der Waals surface area contributed by atoms with E-state index < -0.39 is 0 Å². The molecule has 1 aromatic carbocycles. The van der Waals surface area contributed by atoms with Crippen LogP contribution in [0.3, 0.4) is 0 Å². The third-order valence-corrected chi connectivity index (χ3v) is 5.78. The molecule has 2 aliphatic rings. The molecule has 1 aliphatic heterocycles. The Morgan fingerprint density at radius 1 is 1.03 bits per heavy atom. The molecule has 1 saturated carbocycles. The number of hydrogen-bond acceptors (Lipinski definition) is 6. The highest BCUT2D eigenvalue weighted by Crippen LogP contribution is 2.37. The van der Waals surface area contributed by atoms with Gasteiger partial charge < -0.3 is 4.57 Å². The van der Waals surface area contributed by atoms with Crippen LogP contribution in [0, 0.1) is 6.92 Å². The zero-order chi connectivity index (χ0) is 20.9. The second-order valence-corrected chi connectivity index (χ2v) is 7.96. The Bertz CT molecular complexity index is 1310. The third kappa shape index (κ3) is 3.07. The second-order valence-electron chi connectivity index (χ2n) is 7.96. The Balaban J connectivity index is 1.32. The average molecular weight is 409 g/mol. The van der Waals surface area contributed by atoms with Crippen LogP contribution in [0.15, 0.2) is 55.1 Å². The molecule has 0 radical (unpaired) electrons. The van der Waals surface area contributed by atoms with Crippen molar-refractivity contribution < 1.29 is 4.79 Å². The summed E-state index contributed by atoms with van der Waals surface area (Å²) in [6.07, 6.45) is 7.59. The minimum absolute atomic E-state index is 0.0572. The molecule has 8 nitrogen and oxygen atoms in total. The summed E-state index contributed by atoms with van der Waals surface area (Å²) in [5, 5.41) is 8.32. The number of rotatable bonds is 4. The molecule has 0 spiro atoms. The van der Waals surface area contributed by atoms with Crippen LogP contribution in [0.25, 0.3) is 22.6 Å². The molecule has 6 rings (SSSR count). The second kappa shape index (κ2) is 6.80. The summed E-state index contributed by atoms with van der Waals surface area (Å²) >= 11 is 0. The van der Waals surface area contributed by atoms with Crippen LogP contribution in [0.1, 0.15) is 40.6 Å². The van der Waals surface area contributed by atoms with Crippen molar-refractivity contribution in [3.8, 4) is 22.6 Å². The normalized spacial score (nSPS) is 15.4. The van der Waals surface area contributed by atoms with Crippen molar-refractivity contribution in [2.45, 2.75) is 32.4 Å². The Hall–Kier alpha value is -3.94. The summed E-state index contributed by atoms with van der Waals surface area (Å²) in [5.41, 5.74) is 4.21. The van der Waals surface area contributed by atoms with Crippen molar-refractivity contribution in [2.24, 2.45) is 0 Å². The highest BCUT2D eigenvalue weighted by molar-refractivity contribution is 6.10. The lowest BCUT2D eigenvalue weighted by Gasteiger charge is -2.15. The molecule has 4 heterocycles. The van der Waals surface area contributed by atoms with Crippen LogP contribution < -0.4 is 4.90 Å². The fourth-order valence-corrected chi connectivity index (χ4v) is 3.95. The van der Waals surface area contributed by atoms with Gasteiger partial charge in [-0.25, -0.2) is 15.0 Å². The summed E-state index contributed by atoms with van der Waals surface area (Å²) in [5.74, 6) is 2.02. The molecule has 152 valence electrons. The van der Waals surface area contributed by atoms with Gasteiger partial charge in [0.1, 0.15) is 23.7 Å². The number of aromatic nitrogens is 6. The maximum absolute atomic E-state index is 13.2. The zero-order valence-electron chi connectivity index (χ0n) is 16.9. The molecule has 0 bridgehead atoms. The van der Waals surface area contributed by atoms with Gasteiger partial charge in [-0.05, 0) is 49.1 Å². The van der Waals surface area contributed by atoms with E-state index in [1.165, 1.54) is 0 Å². The van der Waals surface area contributed by atoms with E-state index in [4.69, 9.17) is 4.98 Å². The molecule has 8 heteroatoms. The summed E-state index contributed by atoms with van der Waals surface area (Å²) in [7, 11) is 0. The fourth-order valence-electron chi connectivity index (χ4n) is 3.95. The number of pyridine rings is 1. The Morgan fingerprint density at radius 3 is 2.68 bits per heavy atom. The summed E-state index contributed by atoms with van der Waals surface area (Å²) in [6, 6.07) is 12.1. The van der Waals surface area contributed by atoms with Gasteiger partial charge in [0.15, 0.2) is 5.82 Å². The predicted molar refractivity (Wildman–Crippen MR) is 114 cm³/mol. The Kier molecular flexibility index (Phi) is 3.92. The van der Waals surface area contributed by atoms with E-state index in [0.29, 0.717) is 24.0 Å². The molecular weight excluding hydrogens is 390 g/mol. The van der Waals surface area contributed by atoms with Crippen LogP contribution >= 0.6 is 0 Å². The number of carbonyl (C=O) groups is 1. The molecule has 4 aromatic rings. The van der Waals surface area contributed by atoms with Crippen molar-refractivity contribution in [1.29, 1.82) is 0 Å². The number of benzene rings is 1. The fraction of sp³-hybridized carbons (Fsp3) is 0.217. The molecule has 1 amide bonds. The smallest absolute Gasteiger partial charge is 0.260 e. The maximum atomic E-state index is 13.2. The van der Waals surface area contributed by atoms with Crippen molar-refractivity contribution in [3.63, 3.8) is 0 Å². The van der Waals surface area contributed by atoms with E-state index in [1.807, 2.05) is 43.3 Å². The number of fused-ring (bicyclic) bond motifs is 1. The summed E-state index contributed by atoms with van der Waals surface area (Å²) in [4.78, 5) is 28.2. The van der Waals surface area contributed by atoms with Gasteiger partial charge in [0.05, 0.1) is 6.54 Å². The van der Waals surface area contributed by atoms with Crippen LogP contribution in [0.2, 0.25) is 0 Å². The van der Waals surface area contributed by atoms with Gasteiger partial charge in [-0.3, -0.25) is 9.69 Å². The van der Waals surface area contributed by atoms with Crippen LogP contribution in [0.4, 0.5) is 5.82 Å². The van der Waals surface area contributed by atoms with Crippen molar-refractivity contribution in [2.75, 3.05) is 4.90 Å². The highest BCUT2D eigenvalue weighted by atomic mass is 16.2. The van der Waals surface area contributed by atoms with E-state index in [9.17, 15) is 4.79 Å². The van der Waals surface area contributed by atoms with Gasteiger partial charge in [0.2, 0.25) is 0 Å². The topological polar surface area (TPSA) is 89.7 Å². The minimum atomic E-state index is -0.0572. The van der Waals surface area contributed by atoms with E-state index in [2.05, 4.69) is 24.7 Å². The third-order valence-electron chi connectivity index (χ3n) is 5.78. The molecule has 1 aliphatic carbocycles. The largest absolute Gasteiger partial charge is 0.309 e. The Labute approximate surface area is 178 Å².